The van der Waals surface area contributed by atoms with Crippen molar-refractivity contribution in [1.82, 2.24) is 0 Å². The lowest BCUT2D eigenvalue weighted by Crippen LogP contribution is -2.09. The Labute approximate surface area is 71.2 Å². The third kappa shape index (κ3) is 1.81. The maximum atomic E-state index is 12.9. The Bertz CT molecular complexity index is 261. The van der Waals surface area contributed by atoms with Crippen molar-refractivity contribution in [3.05, 3.63) is 35.4 Å². The first-order chi connectivity index (χ1) is 5.55. The molecule has 1 aromatic carbocycles. The van der Waals surface area contributed by atoms with Crippen LogP contribution in [0.15, 0.2) is 24.3 Å². The largest absolute Gasteiger partial charge is 0.270 e. The Hall–Kier alpha value is -0.920. The highest BCUT2D eigenvalue weighted by molar-refractivity contribution is 5.30. The van der Waals surface area contributed by atoms with Crippen molar-refractivity contribution < 1.29 is 8.78 Å². The zero-order chi connectivity index (χ0) is 9.19. The highest BCUT2D eigenvalue weighted by atomic mass is 19.3. The second-order valence-corrected chi connectivity index (χ2v) is 2.90. The lowest BCUT2D eigenvalue weighted by atomic mass is 10.0. The lowest BCUT2D eigenvalue weighted by molar-refractivity contribution is 0.0166. The predicted octanol–water partition coefficient (Wildman–Crippen LogP) is 3.36. The van der Waals surface area contributed by atoms with Gasteiger partial charge in [-0.3, -0.25) is 0 Å². The van der Waals surface area contributed by atoms with Crippen LogP contribution in [0.1, 0.15) is 25.0 Å². The highest BCUT2D eigenvalue weighted by Gasteiger charge is 2.26. The number of alkyl halides is 2. The molecule has 0 saturated heterocycles. The van der Waals surface area contributed by atoms with E-state index in [9.17, 15) is 8.78 Å². The molecule has 0 N–H and O–H groups in total. The van der Waals surface area contributed by atoms with Gasteiger partial charge in [0.1, 0.15) is 0 Å². The van der Waals surface area contributed by atoms with Gasteiger partial charge in [-0.2, -0.15) is 0 Å². The number of aryl methyl sites for hydroxylation is 1. The van der Waals surface area contributed by atoms with Gasteiger partial charge in [0, 0.05) is 12.5 Å². The standard InChI is InChI=1S/C10H12F2/c1-3-8-6-4-5-7-9(8)10(2,11)12/h4-7H,3H2,1-2H3. The van der Waals surface area contributed by atoms with Gasteiger partial charge in [-0.25, -0.2) is 8.78 Å². The molecule has 0 aromatic heterocycles. The maximum Gasteiger partial charge on any atom is 0.270 e. The molecule has 66 valence electrons. The average molecular weight is 170 g/mol. The first kappa shape index (κ1) is 9.17. The lowest BCUT2D eigenvalue weighted by Gasteiger charge is -2.14. The van der Waals surface area contributed by atoms with Crippen LogP contribution in [0, 0.1) is 0 Å². The van der Waals surface area contributed by atoms with Crippen molar-refractivity contribution in [3.63, 3.8) is 0 Å². The maximum absolute atomic E-state index is 12.9. The minimum atomic E-state index is -2.72. The zero-order valence-corrected chi connectivity index (χ0v) is 7.27. The molecule has 12 heavy (non-hydrogen) atoms. The van der Waals surface area contributed by atoms with Gasteiger partial charge in [0.05, 0.1) is 0 Å². The van der Waals surface area contributed by atoms with Crippen molar-refractivity contribution in [3.8, 4) is 0 Å². The highest BCUT2D eigenvalue weighted by Crippen LogP contribution is 2.29. The molecule has 0 spiro atoms. The quantitative estimate of drug-likeness (QED) is 0.638. The molecule has 0 aliphatic rings. The van der Waals surface area contributed by atoms with E-state index >= 15 is 0 Å². The Balaban J connectivity index is 3.14. The smallest absolute Gasteiger partial charge is 0.202 e. The van der Waals surface area contributed by atoms with Crippen LogP contribution in [-0.2, 0) is 12.3 Å². The second kappa shape index (κ2) is 3.21. The van der Waals surface area contributed by atoms with E-state index in [1.54, 1.807) is 18.2 Å². The SMILES string of the molecule is CCc1ccccc1C(C)(F)F. The van der Waals surface area contributed by atoms with Crippen molar-refractivity contribution in [2.45, 2.75) is 26.2 Å². The van der Waals surface area contributed by atoms with E-state index < -0.39 is 5.92 Å². The Morgan fingerprint density at radius 2 is 1.83 bits per heavy atom. The van der Waals surface area contributed by atoms with Gasteiger partial charge in [0.15, 0.2) is 0 Å². The Morgan fingerprint density at radius 3 is 2.25 bits per heavy atom. The Morgan fingerprint density at radius 1 is 1.25 bits per heavy atom. The van der Waals surface area contributed by atoms with Crippen LogP contribution in [0.4, 0.5) is 8.78 Å². The number of rotatable bonds is 2. The topological polar surface area (TPSA) is 0 Å². The van der Waals surface area contributed by atoms with Crippen molar-refractivity contribution in [1.29, 1.82) is 0 Å². The summed E-state index contributed by atoms with van der Waals surface area (Å²) < 4.78 is 25.8. The average Bonchev–Trinajstić information content (AvgIpc) is 2.03. The molecule has 2 heteroatoms. The van der Waals surface area contributed by atoms with Crippen LogP contribution in [0.3, 0.4) is 0 Å². The minimum absolute atomic E-state index is 0.146. The molecule has 0 unspecified atom stereocenters. The first-order valence-corrected chi connectivity index (χ1v) is 4.02. The van der Waals surface area contributed by atoms with E-state index in [-0.39, 0.29) is 5.56 Å². The van der Waals surface area contributed by atoms with Gasteiger partial charge in [-0.05, 0) is 12.0 Å². The molecule has 0 aliphatic heterocycles. The molecule has 0 saturated carbocycles. The molecule has 0 atom stereocenters. The van der Waals surface area contributed by atoms with Crippen molar-refractivity contribution in [2.75, 3.05) is 0 Å². The molecule has 1 aromatic rings. The summed E-state index contributed by atoms with van der Waals surface area (Å²) in [5.74, 6) is -2.72. The summed E-state index contributed by atoms with van der Waals surface area (Å²) in [6.45, 7) is 2.81. The summed E-state index contributed by atoms with van der Waals surface area (Å²) in [6, 6.07) is 6.66. The van der Waals surface area contributed by atoms with Crippen molar-refractivity contribution in [2.24, 2.45) is 0 Å². The van der Waals surface area contributed by atoms with Gasteiger partial charge in [-0.1, -0.05) is 31.2 Å². The van der Waals surface area contributed by atoms with Crippen LogP contribution in [0.25, 0.3) is 0 Å². The molecule has 0 nitrogen and oxygen atoms in total. The number of hydrogen-bond acceptors (Lipinski definition) is 0. The van der Waals surface area contributed by atoms with Crippen LogP contribution >= 0.6 is 0 Å². The van der Waals surface area contributed by atoms with E-state index in [0.717, 1.165) is 12.5 Å². The molecule has 0 fully saturated rings. The zero-order valence-electron chi connectivity index (χ0n) is 7.27. The number of hydrogen-bond donors (Lipinski definition) is 0. The van der Waals surface area contributed by atoms with E-state index in [1.807, 2.05) is 6.92 Å². The predicted molar refractivity (Wildman–Crippen MR) is 45.4 cm³/mol. The molecular formula is C10H12F2. The fourth-order valence-corrected chi connectivity index (χ4v) is 1.26. The van der Waals surface area contributed by atoms with Crippen LogP contribution in [-0.4, -0.2) is 0 Å². The van der Waals surface area contributed by atoms with E-state index in [4.69, 9.17) is 0 Å². The normalized spacial score (nSPS) is 11.7. The van der Waals surface area contributed by atoms with Crippen LogP contribution in [0.2, 0.25) is 0 Å². The first-order valence-electron chi connectivity index (χ1n) is 4.02. The summed E-state index contributed by atoms with van der Waals surface area (Å²) in [5, 5.41) is 0. The summed E-state index contributed by atoms with van der Waals surface area (Å²) in [7, 11) is 0. The summed E-state index contributed by atoms with van der Waals surface area (Å²) in [5.41, 5.74) is 0.873. The van der Waals surface area contributed by atoms with E-state index in [1.165, 1.54) is 6.07 Å². The third-order valence-electron chi connectivity index (χ3n) is 1.87. The minimum Gasteiger partial charge on any atom is -0.202 e. The summed E-state index contributed by atoms with van der Waals surface area (Å²) in [6.07, 6.45) is 0.652. The number of halogens is 2. The van der Waals surface area contributed by atoms with E-state index in [0.29, 0.717) is 6.42 Å². The van der Waals surface area contributed by atoms with Gasteiger partial charge in [0.2, 0.25) is 0 Å². The number of benzene rings is 1. The van der Waals surface area contributed by atoms with Crippen LogP contribution < -0.4 is 0 Å². The molecule has 0 amide bonds. The van der Waals surface area contributed by atoms with Crippen LogP contribution in [0.5, 0.6) is 0 Å². The molecule has 0 aliphatic carbocycles. The molecule has 0 bridgehead atoms. The van der Waals surface area contributed by atoms with Crippen molar-refractivity contribution >= 4 is 0 Å². The van der Waals surface area contributed by atoms with Gasteiger partial charge in [-0.15, -0.1) is 0 Å². The molecular weight excluding hydrogens is 158 g/mol. The van der Waals surface area contributed by atoms with E-state index in [2.05, 4.69) is 0 Å². The second-order valence-electron chi connectivity index (χ2n) is 2.90. The van der Waals surface area contributed by atoms with Gasteiger partial charge in [0.25, 0.3) is 5.92 Å². The molecule has 1 rings (SSSR count). The monoisotopic (exact) mass is 170 g/mol. The fraction of sp³-hybridized carbons (Fsp3) is 0.400. The summed E-state index contributed by atoms with van der Waals surface area (Å²) in [4.78, 5) is 0. The fourth-order valence-electron chi connectivity index (χ4n) is 1.26. The Kier molecular flexibility index (Phi) is 2.46. The van der Waals surface area contributed by atoms with Gasteiger partial charge >= 0.3 is 0 Å². The molecule has 0 radical (unpaired) electrons. The third-order valence-corrected chi connectivity index (χ3v) is 1.87. The summed E-state index contributed by atoms with van der Waals surface area (Å²) >= 11 is 0. The molecule has 0 heterocycles. The van der Waals surface area contributed by atoms with Gasteiger partial charge < -0.3 is 0 Å².